The van der Waals surface area contributed by atoms with E-state index in [-0.39, 0.29) is 24.7 Å². The lowest BCUT2D eigenvalue weighted by molar-refractivity contribution is -0.0458. The number of rotatable bonds is 4. The second-order valence-electron chi connectivity index (χ2n) is 5.12. The number of benzene rings is 1. The van der Waals surface area contributed by atoms with Crippen molar-refractivity contribution in [1.29, 1.82) is 0 Å². The van der Waals surface area contributed by atoms with Crippen molar-refractivity contribution in [2.45, 2.75) is 38.9 Å². The van der Waals surface area contributed by atoms with E-state index in [0.29, 0.717) is 0 Å². The Hall–Kier alpha value is -1.06. The van der Waals surface area contributed by atoms with E-state index in [2.05, 4.69) is 0 Å². The average molecular weight is 250 g/mol. The number of aliphatic hydroxyl groups excluding tert-OH is 1. The molecule has 1 aromatic carbocycles. The summed E-state index contributed by atoms with van der Waals surface area (Å²) in [5.74, 6) is 1.07. The number of hydrogen-bond acceptors (Lipinski definition) is 3. The fraction of sp³-hybridized carbons (Fsp3) is 0.600. The third kappa shape index (κ3) is 3.24. The molecule has 2 atom stereocenters. The van der Waals surface area contributed by atoms with Crippen LogP contribution in [0.4, 0.5) is 0 Å². The highest BCUT2D eigenvalue weighted by atomic mass is 16.5. The molecule has 18 heavy (non-hydrogen) atoms. The van der Waals surface area contributed by atoms with Crippen molar-refractivity contribution >= 4 is 0 Å². The van der Waals surface area contributed by atoms with Gasteiger partial charge in [-0.25, -0.2) is 0 Å². The summed E-state index contributed by atoms with van der Waals surface area (Å²) in [6, 6.07) is 8.02. The quantitative estimate of drug-likeness (QED) is 0.893. The maximum absolute atomic E-state index is 9.43. The van der Waals surface area contributed by atoms with E-state index in [9.17, 15) is 5.11 Å². The van der Waals surface area contributed by atoms with Crippen LogP contribution < -0.4 is 4.74 Å². The van der Waals surface area contributed by atoms with Crippen molar-refractivity contribution in [3.63, 3.8) is 0 Å². The molecular weight excluding hydrogens is 228 g/mol. The minimum atomic E-state index is -0.000498. The Morgan fingerprint density at radius 3 is 3.00 bits per heavy atom. The summed E-state index contributed by atoms with van der Waals surface area (Å²) in [6.45, 7) is 4.98. The van der Waals surface area contributed by atoms with Crippen LogP contribution in [0.1, 0.15) is 38.4 Å². The Balaban J connectivity index is 2.15. The van der Waals surface area contributed by atoms with Gasteiger partial charge < -0.3 is 14.6 Å². The van der Waals surface area contributed by atoms with Crippen LogP contribution in [-0.4, -0.2) is 24.4 Å². The van der Waals surface area contributed by atoms with Gasteiger partial charge in [-0.05, 0) is 44.4 Å². The maximum atomic E-state index is 9.43. The zero-order valence-corrected chi connectivity index (χ0v) is 11.1. The predicted molar refractivity (Wildman–Crippen MR) is 70.7 cm³/mol. The van der Waals surface area contributed by atoms with Crippen LogP contribution in [0.25, 0.3) is 0 Å². The van der Waals surface area contributed by atoms with E-state index in [0.717, 1.165) is 30.8 Å². The number of hydrogen-bond donors (Lipinski definition) is 1. The Kier molecular flexibility index (Phi) is 4.61. The predicted octanol–water partition coefficient (Wildman–Crippen LogP) is 2.93. The molecule has 0 saturated carbocycles. The molecule has 1 aromatic rings. The van der Waals surface area contributed by atoms with Crippen molar-refractivity contribution in [3.8, 4) is 5.75 Å². The van der Waals surface area contributed by atoms with E-state index in [1.807, 2.05) is 38.1 Å². The number of ether oxygens (including phenoxy) is 2. The van der Waals surface area contributed by atoms with Gasteiger partial charge in [0.05, 0.1) is 12.2 Å². The van der Waals surface area contributed by atoms with E-state index in [1.165, 1.54) is 0 Å². The Morgan fingerprint density at radius 1 is 1.44 bits per heavy atom. The van der Waals surface area contributed by atoms with Gasteiger partial charge in [0.25, 0.3) is 0 Å². The highest BCUT2D eigenvalue weighted by Gasteiger charge is 2.27. The molecule has 3 nitrogen and oxygen atoms in total. The van der Waals surface area contributed by atoms with Crippen molar-refractivity contribution in [2.24, 2.45) is 5.92 Å². The molecule has 0 spiro atoms. The molecule has 0 aromatic heterocycles. The zero-order valence-electron chi connectivity index (χ0n) is 11.1. The van der Waals surface area contributed by atoms with Gasteiger partial charge in [0, 0.05) is 19.1 Å². The van der Waals surface area contributed by atoms with Crippen LogP contribution in [0.15, 0.2) is 24.3 Å². The standard InChI is InChI=1S/C15H22O3/c1-11(2)18-14-7-3-5-12(9-14)15-13(10-16)6-4-8-17-15/h3,5,7,9,11,13,15-16H,4,6,8,10H2,1-2H3. The Labute approximate surface area is 109 Å². The largest absolute Gasteiger partial charge is 0.491 e. The molecule has 1 N–H and O–H groups in total. The van der Waals surface area contributed by atoms with Crippen molar-refractivity contribution in [2.75, 3.05) is 13.2 Å². The molecule has 1 heterocycles. The van der Waals surface area contributed by atoms with Crippen LogP contribution in [-0.2, 0) is 4.74 Å². The minimum Gasteiger partial charge on any atom is -0.491 e. The smallest absolute Gasteiger partial charge is 0.120 e. The van der Waals surface area contributed by atoms with Gasteiger partial charge in [-0.15, -0.1) is 0 Å². The first-order chi connectivity index (χ1) is 8.70. The zero-order chi connectivity index (χ0) is 13.0. The highest BCUT2D eigenvalue weighted by Crippen LogP contribution is 2.34. The maximum Gasteiger partial charge on any atom is 0.120 e. The van der Waals surface area contributed by atoms with Crippen LogP contribution in [0, 0.1) is 5.92 Å². The first-order valence-corrected chi connectivity index (χ1v) is 6.70. The topological polar surface area (TPSA) is 38.7 Å². The molecular formula is C15H22O3. The van der Waals surface area contributed by atoms with Crippen LogP contribution in [0.5, 0.6) is 5.75 Å². The van der Waals surface area contributed by atoms with Gasteiger partial charge in [-0.2, -0.15) is 0 Å². The van der Waals surface area contributed by atoms with E-state index >= 15 is 0 Å². The molecule has 2 rings (SSSR count). The van der Waals surface area contributed by atoms with Crippen LogP contribution in [0.2, 0.25) is 0 Å². The Morgan fingerprint density at radius 2 is 2.28 bits per heavy atom. The SMILES string of the molecule is CC(C)Oc1cccc(C2OCCCC2CO)c1. The minimum absolute atomic E-state index is 0.000498. The lowest BCUT2D eigenvalue weighted by Gasteiger charge is -2.31. The molecule has 2 unspecified atom stereocenters. The molecule has 0 aliphatic carbocycles. The van der Waals surface area contributed by atoms with Gasteiger partial charge >= 0.3 is 0 Å². The summed E-state index contributed by atoms with van der Waals surface area (Å²) in [4.78, 5) is 0. The molecule has 0 radical (unpaired) electrons. The van der Waals surface area contributed by atoms with Gasteiger partial charge in [0.1, 0.15) is 5.75 Å². The third-order valence-electron chi connectivity index (χ3n) is 3.24. The summed E-state index contributed by atoms with van der Waals surface area (Å²) in [7, 11) is 0. The van der Waals surface area contributed by atoms with Gasteiger partial charge in [0.15, 0.2) is 0 Å². The monoisotopic (exact) mass is 250 g/mol. The first kappa shape index (κ1) is 13.4. The number of aliphatic hydroxyl groups is 1. The van der Waals surface area contributed by atoms with Crippen LogP contribution >= 0.6 is 0 Å². The fourth-order valence-corrected chi connectivity index (χ4v) is 2.44. The molecule has 1 aliphatic heterocycles. The second kappa shape index (κ2) is 6.21. The molecule has 0 bridgehead atoms. The van der Waals surface area contributed by atoms with Crippen molar-refractivity contribution in [3.05, 3.63) is 29.8 Å². The lowest BCUT2D eigenvalue weighted by atomic mass is 9.90. The molecule has 1 fully saturated rings. The van der Waals surface area contributed by atoms with Crippen molar-refractivity contribution in [1.82, 2.24) is 0 Å². The summed E-state index contributed by atoms with van der Waals surface area (Å²) in [5.41, 5.74) is 1.10. The summed E-state index contributed by atoms with van der Waals surface area (Å²) in [5, 5.41) is 9.43. The average Bonchev–Trinajstić information content (AvgIpc) is 2.38. The molecule has 1 saturated heterocycles. The van der Waals surface area contributed by atoms with E-state index in [4.69, 9.17) is 9.47 Å². The van der Waals surface area contributed by atoms with Crippen LogP contribution in [0.3, 0.4) is 0 Å². The van der Waals surface area contributed by atoms with E-state index in [1.54, 1.807) is 0 Å². The van der Waals surface area contributed by atoms with Crippen molar-refractivity contribution < 1.29 is 14.6 Å². The fourth-order valence-electron chi connectivity index (χ4n) is 2.44. The lowest BCUT2D eigenvalue weighted by Crippen LogP contribution is -2.25. The molecule has 3 heteroatoms. The van der Waals surface area contributed by atoms with Gasteiger partial charge in [-0.3, -0.25) is 0 Å². The molecule has 0 amide bonds. The molecule has 1 aliphatic rings. The van der Waals surface area contributed by atoms with E-state index < -0.39 is 0 Å². The normalized spacial score (nSPS) is 24.2. The first-order valence-electron chi connectivity index (χ1n) is 6.70. The van der Waals surface area contributed by atoms with Gasteiger partial charge in [0.2, 0.25) is 0 Å². The van der Waals surface area contributed by atoms with Gasteiger partial charge in [-0.1, -0.05) is 12.1 Å². The second-order valence-corrected chi connectivity index (χ2v) is 5.12. The summed E-state index contributed by atoms with van der Waals surface area (Å²) in [6.07, 6.45) is 2.22. The third-order valence-corrected chi connectivity index (χ3v) is 3.24. The Bertz CT molecular complexity index is 376. The summed E-state index contributed by atoms with van der Waals surface area (Å²) >= 11 is 0. The molecule has 100 valence electrons. The summed E-state index contributed by atoms with van der Waals surface area (Å²) < 4.78 is 11.5. The highest BCUT2D eigenvalue weighted by molar-refractivity contribution is 5.30.